The molecule has 1 aromatic heterocycles. The zero-order valence-electron chi connectivity index (χ0n) is 13.3. The summed E-state index contributed by atoms with van der Waals surface area (Å²) >= 11 is 5.79. The maximum absolute atomic E-state index is 9.65. The number of nitrogens with one attached hydrogen (secondary N) is 1. The number of piperidine rings is 1. The number of imidazole rings is 1. The number of hydrogen-bond donors (Lipinski definition) is 2. The predicted molar refractivity (Wildman–Crippen MR) is 86.2 cm³/mol. The van der Waals surface area contributed by atoms with E-state index >= 15 is 0 Å². The number of nitrogens with zero attached hydrogens (tertiary/aromatic N) is 2. The van der Waals surface area contributed by atoms with Crippen molar-refractivity contribution in [2.45, 2.75) is 71.2 Å². The molecule has 0 radical (unpaired) electrons. The summed E-state index contributed by atoms with van der Waals surface area (Å²) in [5, 5.41) is 9.65. The summed E-state index contributed by atoms with van der Waals surface area (Å²) < 4.78 is 5.75. The average molecular weight is 310 g/mol. The maximum Gasteiger partial charge on any atom is 0.184 e. The van der Waals surface area contributed by atoms with Crippen molar-refractivity contribution >= 4 is 12.2 Å². The molecule has 118 valence electrons. The minimum absolute atomic E-state index is 0.0901. The molecule has 2 heterocycles. The highest BCUT2D eigenvalue weighted by molar-refractivity contribution is 7.71. The highest BCUT2D eigenvalue weighted by Crippen LogP contribution is 2.32. The SMILES string of the molecule is Cc1c(C)n(C2CCCC2)c(=S)n1C[NH+]1CCC(O)CC1. The second-order valence-electron chi connectivity index (χ2n) is 6.83. The van der Waals surface area contributed by atoms with Crippen molar-refractivity contribution in [1.82, 2.24) is 9.13 Å². The van der Waals surface area contributed by atoms with Gasteiger partial charge in [-0.2, -0.15) is 0 Å². The van der Waals surface area contributed by atoms with Crippen molar-refractivity contribution in [1.29, 1.82) is 0 Å². The maximum atomic E-state index is 9.65. The molecule has 5 heteroatoms. The zero-order chi connectivity index (χ0) is 15.0. The normalized spacial score (nSPS) is 27.4. The highest BCUT2D eigenvalue weighted by atomic mass is 32.1. The van der Waals surface area contributed by atoms with Crippen LogP contribution in [-0.2, 0) is 6.67 Å². The lowest BCUT2D eigenvalue weighted by atomic mass is 10.1. The van der Waals surface area contributed by atoms with Gasteiger partial charge in [0.2, 0.25) is 0 Å². The van der Waals surface area contributed by atoms with Crippen LogP contribution in [0.5, 0.6) is 0 Å². The quantitative estimate of drug-likeness (QED) is 0.834. The molecule has 0 amide bonds. The Hall–Kier alpha value is -0.650. The fourth-order valence-electron chi connectivity index (χ4n) is 3.96. The molecule has 3 rings (SSSR count). The Balaban J connectivity index is 1.82. The van der Waals surface area contributed by atoms with Crippen molar-refractivity contribution in [2.75, 3.05) is 13.1 Å². The van der Waals surface area contributed by atoms with Gasteiger partial charge >= 0.3 is 0 Å². The van der Waals surface area contributed by atoms with Gasteiger partial charge in [-0.15, -0.1) is 0 Å². The molecule has 0 aromatic carbocycles. The first-order valence-electron chi connectivity index (χ1n) is 8.37. The lowest BCUT2D eigenvalue weighted by molar-refractivity contribution is -0.928. The number of rotatable bonds is 3. The second-order valence-corrected chi connectivity index (χ2v) is 7.19. The Morgan fingerprint density at radius 1 is 1.10 bits per heavy atom. The van der Waals surface area contributed by atoms with Gasteiger partial charge in [-0.25, -0.2) is 0 Å². The van der Waals surface area contributed by atoms with Gasteiger partial charge < -0.3 is 14.6 Å². The smallest absolute Gasteiger partial charge is 0.184 e. The molecule has 0 bridgehead atoms. The van der Waals surface area contributed by atoms with E-state index in [9.17, 15) is 5.11 Å². The number of aliphatic hydroxyl groups excluding tert-OH is 1. The predicted octanol–water partition coefficient (Wildman–Crippen LogP) is 1.75. The first-order chi connectivity index (χ1) is 10.1. The Kier molecular flexibility index (Phi) is 4.52. The third-order valence-corrected chi connectivity index (χ3v) is 5.88. The van der Waals surface area contributed by atoms with Gasteiger partial charge in [-0.1, -0.05) is 12.8 Å². The van der Waals surface area contributed by atoms with E-state index in [-0.39, 0.29) is 6.10 Å². The van der Waals surface area contributed by atoms with Crippen LogP contribution in [0.2, 0.25) is 0 Å². The molecule has 21 heavy (non-hydrogen) atoms. The molecule has 1 saturated heterocycles. The summed E-state index contributed by atoms with van der Waals surface area (Å²) in [6.07, 6.45) is 6.99. The monoisotopic (exact) mass is 310 g/mol. The summed E-state index contributed by atoms with van der Waals surface area (Å²) in [6, 6.07) is 0.621. The topological polar surface area (TPSA) is 34.5 Å². The highest BCUT2D eigenvalue weighted by Gasteiger charge is 2.25. The zero-order valence-corrected chi connectivity index (χ0v) is 14.1. The van der Waals surface area contributed by atoms with Crippen LogP contribution >= 0.6 is 12.2 Å². The van der Waals surface area contributed by atoms with Crippen molar-refractivity contribution in [2.24, 2.45) is 0 Å². The molecule has 1 aliphatic heterocycles. The van der Waals surface area contributed by atoms with E-state index in [4.69, 9.17) is 12.2 Å². The van der Waals surface area contributed by atoms with Gasteiger partial charge in [0, 0.05) is 30.3 Å². The molecule has 2 aliphatic rings. The van der Waals surface area contributed by atoms with Gasteiger partial charge in [0.25, 0.3) is 0 Å². The molecular formula is C16H28N3OS+. The second kappa shape index (κ2) is 6.23. The van der Waals surface area contributed by atoms with Gasteiger partial charge in [0.05, 0.1) is 19.2 Å². The van der Waals surface area contributed by atoms with Crippen LogP contribution in [0, 0.1) is 18.6 Å². The van der Waals surface area contributed by atoms with Crippen LogP contribution in [0.1, 0.15) is 56.0 Å². The molecule has 0 unspecified atom stereocenters. The first kappa shape index (κ1) is 15.3. The van der Waals surface area contributed by atoms with Crippen molar-refractivity contribution < 1.29 is 10.0 Å². The molecule has 4 nitrogen and oxygen atoms in total. The number of hydrogen-bond acceptors (Lipinski definition) is 2. The van der Waals surface area contributed by atoms with E-state index in [0.717, 1.165) is 37.4 Å². The average Bonchev–Trinajstić information content (AvgIpc) is 3.05. The van der Waals surface area contributed by atoms with Crippen LogP contribution in [0.25, 0.3) is 0 Å². The Bertz CT molecular complexity index is 549. The van der Waals surface area contributed by atoms with Gasteiger partial charge in [-0.05, 0) is 38.9 Å². The molecule has 2 N–H and O–H groups in total. The number of aromatic nitrogens is 2. The summed E-state index contributed by atoms with van der Waals surface area (Å²) in [6.45, 7) is 7.48. The van der Waals surface area contributed by atoms with Crippen molar-refractivity contribution in [3.8, 4) is 0 Å². The first-order valence-corrected chi connectivity index (χ1v) is 8.78. The molecule has 2 fully saturated rings. The number of quaternary nitrogens is 1. The van der Waals surface area contributed by atoms with Crippen molar-refractivity contribution in [3.05, 3.63) is 16.2 Å². The third kappa shape index (κ3) is 2.96. The molecular weight excluding hydrogens is 282 g/mol. The fourth-order valence-corrected chi connectivity index (χ4v) is 4.45. The van der Waals surface area contributed by atoms with Gasteiger partial charge in [0.1, 0.15) is 0 Å². The van der Waals surface area contributed by atoms with E-state index in [2.05, 4.69) is 23.0 Å². The van der Waals surface area contributed by atoms with E-state index in [1.807, 2.05) is 0 Å². The molecule has 0 spiro atoms. The lowest BCUT2D eigenvalue weighted by Crippen LogP contribution is -3.12. The number of aliphatic hydroxyl groups is 1. The van der Waals surface area contributed by atoms with Crippen LogP contribution in [0.4, 0.5) is 0 Å². The summed E-state index contributed by atoms with van der Waals surface area (Å²) in [7, 11) is 0. The molecule has 1 aliphatic carbocycles. The summed E-state index contributed by atoms with van der Waals surface area (Å²) in [4.78, 5) is 1.54. The minimum Gasteiger partial charge on any atom is -0.393 e. The Labute approximate surface area is 132 Å². The van der Waals surface area contributed by atoms with E-state index in [1.54, 1.807) is 4.90 Å². The van der Waals surface area contributed by atoms with Gasteiger partial charge in [-0.3, -0.25) is 4.57 Å². The largest absolute Gasteiger partial charge is 0.393 e. The standard InChI is InChI=1S/C16H27N3OS/c1-12-13(2)19(14-5-3-4-6-14)16(21)18(12)11-17-9-7-15(20)8-10-17/h14-15,20H,3-11H2,1-2H3/p+1. The Morgan fingerprint density at radius 3 is 2.33 bits per heavy atom. The van der Waals surface area contributed by atoms with Gasteiger partial charge in [0.15, 0.2) is 11.4 Å². The Morgan fingerprint density at radius 2 is 1.71 bits per heavy atom. The van der Waals surface area contributed by atoms with Crippen LogP contribution in [0.3, 0.4) is 0 Å². The van der Waals surface area contributed by atoms with E-state index < -0.39 is 0 Å². The van der Waals surface area contributed by atoms with Crippen molar-refractivity contribution in [3.63, 3.8) is 0 Å². The molecule has 0 atom stereocenters. The van der Waals surface area contributed by atoms with Crippen LogP contribution in [0.15, 0.2) is 0 Å². The minimum atomic E-state index is -0.0901. The lowest BCUT2D eigenvalue weighted by Gasteiger charge is -2.27. The van der Waals surface area contributed by atoms with Crippen LogP contribution < -0.4 is 4.90 Å². The summed E-state index contributed by atoms with van der Waals surface area (Å²) in [5.74, 6) is 0. The molecule has 1 aromatic rings. The summed E-state index contributed by atoms with van der Waals surface area (Å²) in [5.41, 5.74) is 2.67. The molecule has 1 saturated carbocycles. The fraction of sp³-hybridized carbons (Fsp3) is 0.812. The van der Waals surface area contributed by atoms with E-state index in [1.165, 1.54) is 37.1 Å². The van der Waals surface area contributed by atoms with E-state index in [0.29, 0.717) is 6.04 Å². The number of likely N-dealkylation sites (tertiary alicyclic amines) is 1. The third-order valence-electron chi connectivity index (χ3n) is 5.46. The van der Waals surface area contributed by atoms with Crippen LogP contribution in [-0.4, -0.2) is 33.4 Å².